The highest BCUT2D eigenvalue weighted by atomic mass is 79.9. The van der Waals surface area contributed by atoms with Gasteiger partial charge in [0.15, 0.2) is 0 Å². The Kier molecular flexibility index (Phi) is 5.85. The Balaban J connectivity index is 2.45. The molecule has 0 unspecified atom stereocenters. The van der Waals surface area contributed by atoms with E-state index in [1.165, 1.54) is 5.56 Å². The molecular weight excluding hydrogens is 266 g/mol. The van der Waals surface area contributed by atoms with E-state index in [1.54, 1.807) is 0 Å². The maximum atomic E-state index is 5.76. The molecule has 0 radical (unpaired) electrons. The number of ether oxygens (including phenoxy) is 1. The van der Waals surface area contributed by atoms with Gasteiger partial charge in [-0.3, -0.25) is 0 Å². The van der Waals surface area contributed by atoms with Crippen molar-refractivity contribution in [2.75, 3.05) is 26.2 Å². The normalized spacial score (nSPS) is 10.8. The van der Waals surface area contributed by atoms with Gasteiger partial charge in [-0.25, -0.2) is 0 Å². The summed E-state index contributed by atoms with van der Waals surface area (Å²) in [5.41, 5.74) is 1.22. The maximum Gasteiger partial charge on any atom is 0.133 e. The average molecular weight is 286 g/mol. The number of nitrogens with zero attached hydrogens (tertiary/aromatic N) is 1. The smallest absolute Gasteiger partial charge is 0.133 e. The minimum Gasteiger partial charge on any atom is -0.491 e. The first-order valence-corrected chi connectivity index (χ1v) is 6.58. The molecule has 0 aromatic heterocycles. The number of hydrogen-bond donors (Lipinski definition) is 0. The van der Waals surface area contributed by atoms with Crippen molar-refractivity contribution in [3.05, 3.63) is 28.2 Å². The number of benzene rings is 1. The minimum atomic E-state index is 0.740. The first-order chi connectivity index (χ1) is 7.67. The van der Waals surface area contributed by atoms with E-state index < -0.39 is 0 Å². The summed E-state index contributed by atoms with van der Waals surface area (Å²) in [6, 6.07) is 6.16. The molecule has 3 heteroatoms. The van der Waals surface area contributed by atoms with Gasteiger partial charge in [-0.05, 0) is 53.6 Å². The summed E-state index contributed by atoms with van der Waals surface area (Å²) in [6.45, 7) is 10.3. The summed E-state index contributed by atoms with van der Waals surface area (Å²) in [5, 5.41) is 0. The average Bonchev–Trinajstić information content (AvgIpc) is 2.29. The van der Waals surface area contributed by atoms with Crippen molar-refractivity contribution < 1.29 is 4.74 Å². The van der Waals surface area contributed by atoms with Crippen LogP contribution in [-0.2, 0) is 0 Å². The number of likely N-dealkylation sites (N-methyl/N-ethyl adjacent to an activating group) is 1. The van der Waals surface area contributed by atoms with E-state index in [2.05, 4.69) is 53.7 Å². The van der Waals surface area contributed by atoms with Gasteiger partial charge < -0.3 is 9.64 Å². The van der Waals surface area contributed by atoms with Gasteiger partial charge in [0.25, 0.3) is 0 Å². The third-order valence-corrected chi connectivity index (χ3v) is 3.30. The molecule has 0 heterocycles. The van der Waals surface area contributed by atoms with Crippen molar-refractivity contribution in [2.45, 2.75) is 20.8 Å². The van der Waals surface area contributed by atoms with Crippen molar-refractivity contribution in [1.82, 2.24) is 4.90 Å². The van der Waals surface area contributed by atoms with Gasteiger partial charge in [-0.15, -0.1) is 0 Å². The highest BCUT2D eigenvalue weighted by Gasteiger charge is 2.03. The number of rotatable bonds is 6. The summed E-state index contributed by atoms with van der Waals surface area (Å²) >= 11 is 3.49. The lowest BCUT2D eigenvalue weighted by atomic mass is 10.2. The molecule has 0 aliphatic rings. The Labute approximate surface area is 107 Å². The number of aryl methyl sites for hydroxylation is 1. The molecule has 0 saturated carbocycles. The largest absolute Gasteiger partial charge is 0.491 e. The summed E-state index contributed by atoms with van der Waals surface area (Å²) in [7, 11) is 0. The molecular formula is C13H20BrNO. The molecule has 0 spiro atoms. The van der Waals surface area contributed by atoms with E-state index in [1.807, 2.05) is 6.07 Å². The highest BCUT2D eigenvalue weighted by Crippen LogP contribution is 2.25. The molecule has 1 aromatic rings. The fourth-order valence-electron chi connectivity index (χ4n) is 1.55. The molecule has 0 N–H and O–H groups in total. The van der Waals surface area contributed by atoms with Crippen LogP contribution in [0.2, 0.25) is 0 Å². The quantitative estimate of drug-likeness (QED) is 0.794. The van der Waals surface area contributed by atoms with Gasteiger partial charge in [0.1, 0.15) is 12.4 Å². The van der Waals surface area contributed by atoms with E-state index in [-0.39, 0.29) is 0 Å². The van der Waals surface area contributed by atoms with Gasteiger partial charge in [-0.2, -0.15) is 0 Å². The Morgan fingerprint density at radius 1 is 1.25 bits per heavy atom. The van der Waals surface area contributed by atoms with Crippen molar-refractivity contribution in [3.8, 4) is 5.75 Å². The first-order valence-electron chi connectivity index (χ1n) is 5.78. The zero-order valence-corrected chi connectivity index (χ0v) is 11.9. The standard InChI is InChI=1S/C13H20BrNO/c1-4-15(5-2)8-9-16-13-10-11(3)6-7-12(13)14/h6-7,10H,4-5,8-9H2,1-3H3. The monoisotopic (exact) mass is 285 g/mol. The summed E-state index contributed by atoms with van der Waals surface area (Å²) in [5.74, 6) is 0.937. The van der Waals surface area contributed by atoms with Crippen LogP contribution < -0.4 is 4.74 Å². The molecule has 0 fully saturated rings. The lowest BCUT2D eigenvalue weighted by Gasteiger charge is -2.18. The number of halogens is 1. The maximum absolute atomic E-state index is 5.76. The third-order valence-electron chi connectivity index (χ3n) is 2.65. The summed E-state index contributed by atoms with van der Waals surface area (Å²) in [4.78, 5) is 2.35. The highest BCUT2D eigenvalue weighted by molar-refractivity contribution is 9.10. The van der Waals surface area contributed by atoms with Crippen molar-refractivity contribution in [1.29, 1.82) is 0 Å². The molecule has 0 atom stereocenters. The first kappa shape index (κ1) is 13.5. The molecule has 0 amide bonds. The van der Waals surface area contributed by atoms with Crippen LogP contribution in [0.25, 0.3) is 0 Å². The topological polar surface area (TPSA) is 12.5 Å². The molecule has 0 aliphatic heterocycles. The van der Waals surface area contributed by atoms with E-state index in [4.69, 9.17) is 4.74 Å². The van der Waals surface area contributed by atoms with Crippen LogP contribution in [0.5, 0.6) is 5.75 Å². The van der Waals surface area contributed by atoms with Crippen LogP contribution in [0.1, 0.15) is 19.4 Å². The Morgan fingerprint density at radius 2 is 1.94 bits per heavy atom. The second-order valence-corrected chi connectivity index (χ2v) is 4.66. The van der Waals surface area contributed by atoms with Gasteiger partial charge >= 0.3 is 0 Å². The van der Waals surface area contributed by atoms with Crippen molar-refractivity contribution in [3.63, 3.8) is 0 Å². The fourth-order valence-corrected chi connectivity index (χ4v) is 1.91. The Morgan fingerprint density at radius 3 is 2.56 bits per heavy atom. The number of hydrogen-bond acceptors (Lipinski definition) is 2. The van der Waals surface area contributed by atoms with Crippen molar-refractivity contribution >= 4 is 15.9 Å². The zero-order chi connectivity index (χ0) is 12.0. The third kappa shape index (κ3) is 4.14. The van der Waals surface area contributed by atoms with Crippen LogP contribution in [0.3, 0.4) is 0 Å². The molecule has 90 valence electrons. The molecule has 1 rings (SSSR count). The SMILES string of the molecule is CCN(CC)CCOc1cc(C)ccc1Br. The Hall–Kier alpha value is -0.540. The molecule has 2 nitrogen and oxygen atoms in total. The summed E-state index contributed by atoms with van der Waals surface area (Å²) in [6.07, 6.45) is 0. The second-order valence-electron chi connectivity index (χ2n) is 3.81. The molecule has 0 bridgehead atoms. The minimum absolute atomic E-state index is 0.740. The van der Waals surface area contributed by atoms with E-state index >= 15 is 0 Å². The molecule has 16 heavy (non-hydrogen) atoms. The van der Waals surface area contributed by atoms with Crippen LogP contribution in [0, 0.1) is 6.92 Å². The van der Waals surface area contributed by atoms with Gasteiger partial charge in [0.2, 0.25) is 0 Å². The van der Waals surface area contributed by atoms with E-state index in [0.717, 1.165) is 36.5 Å². The summed E-state index contributed by atoms with van der Waals surface area (Å²) < 4.78 is 6.79. The predicted molar refractivity (Wildman–Crippen MR) is 72.2 cm³/mol. The van der Waals surface area contributed by atoms with Gasteiger partial charge in [-0.1, -0.05) is 19.9 Å². The van der Waals surface area contributed by atoms with Crippen LogP contribution in [0.4, 0.5) is 0 Å². The molecule has 0 saturated heterocycles. The van der Waals surface area contributed by atoms with Crippen LogP contribution in [0.15, 0.2) is 22.7 Å². The Bertz CT molecular complexity index is 324. The van der Waals surface area contributed by atoms with Crippen LogP contribution >= 0.6 is 15.9 Å². The van der Waals surface area contributed by atoms with E-state index in [0.29, 0.717) is 0 Å². The zero-order valence-electron chi connectivity index (χ0n) is 10.3. The van der Waals surface area contributed by atoms with Gasteiger partial charge in [0.05, 0.1) is 4.47 Å². The predicted octanol–water partition coefficient (Wildman–Crippen LogP) is 3.48. The van der Waals surface area contributed by atoms with Crippen LogP contribution in [-0.4, -0.2) is 31.1 Å². The lowest BCUT2D eigenvalue weighted by molar-refractivity contribution is 0.222. The van der Waals surface area contributed by atoms with E-state index in [9.17, 15) is 0 Å². The molecule has 1 aromatic carbocycles. The lowest BCUT2D eigenvalue weighted by Crippen LogP contribution is -2.27. The molecule has 0 aliphatic carbocycles. The van der Waals surface area contributed by atoms with Crippen molar-refractivity contribution in [2.24, 2.45) is 0 Å². The fraction of sp³-hybridized carbons (Fsp3) is 0.538. The van der Waals surface area contributed by atoms with Gasteiger partial charge in [0, 0.05) is 6.54 Å². The second kappa shape index (κ2) is 6.92.